The molecule has 0 radical (unpaired) electrons. The van der Waals surface area contributed by atoms with Crippen molar-refractivity contribution in [2.24, 2.45) is 0 Å². The molecule has 0 saturated heterocycles. The molecular formula is C24H24N4O5. The molecule has 9 heteroatoms. The monoisotopic (exact) mass is 448 g/mol. The third-order valence-electron chi connectivity index (χ3n) is 5.53. The summed E-state index contributed by atoms with van der Waals surface area (Å²) >= 11 is 0. The van der Waals surface area contributed by atoms with E-state index in [0.717, 1.165) is 31.5 Å². The number of hydrogen-bond acceptors (Lipinski definition) is 6. The molecule has 1 aliphatic rings. The summed E-state index contributed by atoms with van der Waals surface area (Å²) in [6.45, 7) is 0.640. The molecule has 1 aromatic heterocycles. The zero-order valence-corrected chi connectivity index (χ0v) is 18.2. The molecule has 1 aliphatic heterocycles. The van der Waals surface area contributed by atoms with Crippen LogP contribution in [0.5, 0.6) is 0 Å². The van der Waals surface area contributed by atoms with Crippen molar-refractivity contribution in [3.63, 3.8) is 0 Å². The Hall–Kier alpha value is -4.01. The smallest absolute Gasteiger partial charge is 0.339 e. The number of aromatic nitrogens is 2. The molecule has 170 valence electrons. The number of hydrogen-bond donors (Lipinski definition) is 2. The second kappa shape index (κ2) is 9.64. The van der Waals surface area contributed by atoms with Gasteiger partial charge < -0.3 is 15.4 Å². The molecule has 33 heavy (non-hydrogen) atoms. The lowest BCUT2D eigenvalue weighted by Gasteiger charge is -2.12. The van der Waals surface area contributed by atoms with E-state index in [9.17, 15) is 19.2 Å². The van der Waals surface area contributed by atoms with Gasteiger partial charge in [0.1, 0.15) is 12.2 Å². The van der Waals surface area contributed by atoms with E-state index in [2.05, 4.69) is 15.6 Å². The van der Waals surface area contributed by atoms with Crippen LogP contribution in [0.25, 0.3) is 10.9 Å². The van der Waals surface area contributed by atoms with E-state index in [4.69, 9.17) is 4.74 Å². The van der Waals surface area contributed by atoms with Gasteiger partial charge >= 0.3 is 5.97 Å². The van der Waals surface area contributed by atoms with Crippen LogP contribution in [0, 0.1) is 0 Å². The van der Waals surface area contributed by atoms with E-state index in [1.807, 2.05) is 0 Å². The molecular weight excluding hydrogens is 424 g/mol. The molecule has 2 heterocycles. The van der Waals surface area contributed by atoms with Crippen molar-refractivity contribution >= 4 is 40.1 Å². The van der Waals surface area contributed by atoms with Gasteiger partial charge in [0.05, 0.1) is 29.3 Å². The second-order valence-corrected chi connectivity index (χ2v) is 7.84. The standard InChI is InChI=1S/C24H24N4O5/c1-33-24(32)16-7-4-5-8-18(16)27-22(30)14-21(29)25-15-10-11-19-17(13-15)23(31)28-12-6-2-3-9-20(28)26-19/h4-5,7-8,10-11,13H,2-3,6,9,12,14H2,1H3,(H,25,29)(H,27,30). The summed E-state index contributed by atoms with van der Waals surface area (Å²) in [5.74, 6) is -0.933. The van der Waals surface area contributed by atoms with E-state index in [0.29, 0.717) is 23.1 Å². The van der Waals surface area contributed by atoms with Gasteiger partial charge in [-0.2, -0.15) is 0 Å². The minimum Gasteiger partial charge on any atom is -0.465 e. The second-order valence-electron chi connectivity index (χ2n) is 7.84. The van der Waals surface area contributed by atoms with Crippen LogP contribution >= 0.6 is 0 Å². The van der Waals surface area contributed by atoms with Gasteiger partial charge in [-0.3, -0.25) is 19.0 Å². The molecule has 2 N–H and O–H groups in total. The normalized spacial score (nSPS) is 13.0. The fourth-order valence-corrected chi connectivity index (χ4v) is 3.92. The number of carbonyl (C=O) groups is 3. The number of nitrogens with zero attached hydrogens (tertiary/aromatic N) is 2. The van der Waals surface area contributed by atoms with Crippen LogP contribution in [0.4, 0.5) is 11.4 Å². The number of methoxy groups -OCH3 is 1. The molecule has 2 amide bonds. The van der Waals surface area contributed by atoms with Crippen LogP contribution in [0.2, 0.25) is 0 Å². The number of rotatable bonds is 5. The summed E-state index contributed by atoms with van der Waals surface area (Å²) in [4.78, 5) is 54.2. The number of benzene rings is 2. The predicted octanol–water partition coefficient (Wildman–Crippen LogP) is 2.88. The Balaban J connectivity index is 1.47. The summed E-state index contributed by atoms with van der Waals surface area (Å²) in [6.07, 6.45) is 3.32. The molecule has 0 atom stereocenters. The number of ether oxygens (including phenoxy) is 1. The number of para-hydroxylation sites is 1. The van der Waals surface area contributed by atoms with Gasteiger partial charge in [-0.25, -0.2) is 9.78 Å². The maximum absolute atomic E-state index is 13.0. The van der Waals surface area contributed by atoms with Gasteiger partial charge in [0.2, 0.25) is 11.8 Å². The third-order valence-corrected chi connectivity index (χ3v) is 5.53. The first kappa shape index (κ1) is 22.2. The fraction of sp³-hybridized carbons (Fsp3) is 0.292. The number of nitrogens with one attached hydrogen (secondary N) is 2. The average molecular weight is 448 g/mol. The van der Waals surface area contributed by atoms with E-state index in [1.54, 1.807) is 41.0 Å². The molecule has 0 spiro atoms. The van der Waals surface area contributed by atoms with Crippen molar-refractivity contribution in [2.75, 3.05) is 17.7 Å². The van der Waals surface area contributed by atoms with Crippen molar-refractivity contribution in [3.8, 4) is 0 Å². The lowest BCUT2D eigenvalue weighted by molar-refractivity contribution is -0.123. The first-order chi connectivity index (χ1) is 16.0. The van der Waals surface area contributed by atoms with Gasteiger partial charge in [-0.05, 0) is 43.2 Å². The van der Waals surface area contributed by atoms with Gasteiger partial charge in [-0.1, -0.05) is 18.6 Å². The lowest BCUT2D eigenvalue weighted by Crippen LogP contribution is -2.25. The molecule has 0 unspecified atom stereocenters. The van der Waals surface area contributed by atoms with Crippen molar-refractivity contribution in [1.82, 2.24) is 9.55 Å². The Kier molecular flexibility index (Phi) is 6.48. The van der Waals surface area contributed by atoms with E-state index < -0.39 is 24.2 Å². The summed E-state index contributed by atoms with van der Waals surface area (Å²) in [5.41, 5.74) is 1.32. The number of amides is 2. The quantitative estimate of drug-likeness (QED) is 0.458. The van der Waals surface area contributed by atoms with Crippen LogP contribution in [0.15, 0.2) is 47.3 Å². The molecule has 4 rings (SSSR count). The lowest BCUT2D eigenvalue weighted by atomic mass is 10.1. The number of fused-ring (bicyclic) bond motifs is 2. The topological polar surface area (TPSA) is 119 Å². The Morgan fingerprint density at radius 1 is 1.03 bits per heavy atom. The Labute approximate surface area is 189 Å². The molecule has 3 aromatic rings. The van der Waals surface area contributed by atoms with Crippen molar-refractivity contribution in [1.29, 1.82) is 0 Å². The van der Waals surface area contributed by atoms with E-state index in [1.165, 1.54) is 13.2 Å². The zero-order valence-electron chi connectivity index (χ0n) is 18.2. The zero-order chi connectivity index (χ0) is 23.4. The SMILES string of the molecule is COC(=O)c1ccccc1NC(=O)CC(=O)Nc1ccc2nc3n(c(=O)c2c1)CCCCC3. The first-order valence-corrected chi connectivity index (χ1v) is 10.8. The highest BCUT2D eigenvalue weighted by Crippen LogP contribution is 2.19. The maximum Gasteiger partial charge on any atom is 0.339 e. The van der Waals surface area contributed by atoms with E-state index >= 15 is 0 Å². The summed E-state index contributed by atoms with van der Waals surface area (Å²) in [6, 6.07) is 11.3. The van der Waals surface area contributed by atoms with Crippen molar-refractivity contribution in [3.05, 3.63) is 64.2 Å². The largest absolute Gasteiger partial charge is 0.465 e. The molecule has 9 nitrogen and oxygen atoms in total. The van der Waals surface area contributed by atoms with Gasteiger partial charge in [0, 0.05) is 18.7 Å². The molecule has 0 saturated carbocycles. The highest BCUT2D eigenvalue weighted by atomic mass is 16.5. The summed E-state index contributed by atoms with van der Waals surface area (Å²) in [7, 11) is 1.25. The highest BCUT2D eigenvalue weighted by molar-refractivity contribution is 6.10. The Morgan fingerprint density at radius 2 is 1.82 bits per heavy atom. The van der Waals surface area contributed by atoms with Crippen LogP contribution in [0.3, 0.4) is 0 Å². The summed E-state index contributed by atoms with van der Waals surface area (Å²) in [5, 5.41) is 5.63. The highest BCUT2D eigenvalue weighted by Gasteiger charge is 2.17. The number of esters is 1. The van der Waals surface area contributed by atoms with Gasteiger partial charge in [0.25, 0.3) is 5.56 Å². The van der Waals surface area contributed by atoms with Crippen LogP contribution in [0.1, 0.15) is 41.9 Å². The van der Waals surface area contributed by atoms with Crippen LogP contribution in [-0.4, -0.2) is 34.4 Å². The third kappa shape index (κ3) is 4.92. The fourth-order valence-electron chi connectivity index (χ4n) is 3.92. The average Bonchev–Trinajstić information content (AvgIpc) is 3.05. The van der Waals surface area contributed by atoms with E-state index in [-0.39, 0.29) is 16.8 Å². The van der Waals surface area contributed by atoms with Gasteiger partial charge in [-0.15, -0.1) is 0 Å². The predicted molar refractivity (Wildman–Crippen MR) is 123 cm³/mol. The van der Waals surface area contributed by atoms with Crippen LogP contribution in [-0.2, 0) is 27.3 Å². The Morgan fingerprint density at radius 3 is 2.64 bits per heavy atom. The first-order valence-electron chi connectivity index (χ1n) is 10.8. The maximum atomic E-state index is 13.0. The van der Waals surface area contributed by atoms with Crippen molar-refractivity contribution < 1.29 is 19.1 Å². The Bertz CT molecular complexity index is 1300. The minimum atomic E-state index is -0.593. The molecule has 2 aromatic carbocycles. The molecule has 0 bridgehead atoms. The van der Waals surface area contributed by atoms with Gasteiger partial charge in [0.15, 0.2) is 0 Å². The molecule has 0 aliphatic carbocycles. The molecule has 0 fully saturated rings. The number of aryl methyl sites for hydroxylation is 1. The minimum absolute atomic E-state index is 0.120. The number of anilines is 2. The number of carbonyl (C=O) groups excluding carboxylic acids is 3. The van der Waals surface area contributed by atoms with Crippen LogP contribution < -0.4 is 16.2 Å². The summed E-state index contributed by atoms with van der Waals surface area (Å²) < 4.78 is 6.42. The van der Waals surface area contributed by atoms with Crippen molar-refractivity contribution in [2.45, 2.75) is 38.6 Å².